The van der Waals surface area contributed by atoms with Crippen molar-refractivity contribution in [2.24, 2.45) is 0 Å². The summed E-state index contributed by atoms with van der Waals surface area (Å²) in [5.74, 6) is -0.119. The molecule has 0 aliphatic rings. The molecule has 0 saturated carbocycles. The summed E-state index contributed by atoms with van der Waals surface area (Å²) in [6.07, 6.45) is 2.87. The van der Waals surface area contributed by atoms with Crippen molar-refractivity contribution in [1.29, 1.82) is 10.5 Å². The van der Waals surface area contributed by atoms with Crippen LogP contribution < -0.4 is 0 Å². The van der Waals surface area contributed by atoms with Gasteiger partial charge >= 0.3 is 0 Å². The van der Waals surface area contributed by atoms with Gasteiger partial charge < -0.3 is 0 Å². The Bertz CT molecular complexity index is 648. The SMILES string of the molecule is CCCCC(c1ccccc1)C(C#N)(C#N)c1ccccc1. The zero-order chi connectivity index (χ0) is 15.8. The van der Waals surface area contributed by atoms with Crippen molar-refractivity contribution in [2.75, 3.05) is 0 Å². The Hall–Kier alpha value is -2.58. The highest BCUT2D eigenvalue weighted by molar-refractivity contribution is 5.46. The van der Waals surface area contributed by atoms with E-state index in [0.717, 1.165) is 30.4 Å². The molecule has 110 valence electrons. The lowest BCUT2D eigenvalue weighted by Gasteiger charge is -2.30. The average Bonchev–Trinajstić information content (AvgIpc) is 2.60. The number of unbranched alkanes of at least 4 members (excludes halogenated alkanes) is 1. The van der Waals surface area contributed by atoms with E-state index in [-0.39, 0.29) is 5.92 Å². The number of hydrogen-bond donors (Lipinski definition) is 0. The summed E-state index contributed by atoms with van der Waals surface area (Å²) in [7, 11) is 0. The second kappa shape index (κ2) is 7.43. The summed E-state index contributed by atoms with van der Waals surface area (Å²) in [4.78, 5) is 0. The minimum Gasteiger partial charge on any atom is -0.196 e. The van der Waals surface area contributed by atoms with Crippen LogP contribution in [0.3, 0.4) is 0 Å². The van der Waals surface area contributed by atoms with E-state index in [1.54, 1.807) is 0 Å². The predicted molar refractivity (Wildman–Crippen MR) is 88.1 cm³/mol. The van der Waals surface area contributed by atoms with Crippen LogP contribution in [-0.4, -0.2) is 0 Å². The molecule has 1 unspecified atom stereocenters. The average molecular weight is 288 g/mol. The molecular weight excluding hydrogens is 268 g/mol. The molecule has 1 atom stereocenters. The van der Waals surface area contributed by atoms with Crippen molar-refractivity contribution >= 4 is 0 Å². The second-order valence-electron chi connectivity index (χ2n) is 5.50. The van der Waals surface area contributed by atoms with E-state index in [1.807, 2.05) is 60.7 Å². The maximum atomic E-state index is 9.89. The maximum absolute atomic E-state index is 9.89. The van der Waals surface area contributed by atoms with Crippen LogP contribution in [0.1, 0.15) is 43.2 Å². The summed E-state index contributed by atoms with van der Waals surface area (Å²) >= 11 is 0. The van der Waals surface area contributed by atoms with Gasteiger partial charge in [0, 0.05) is 5.92 Å². The summed E-state index contributed by atoms with van der Waals surface area (Å²) in [6.45, 7) is 2.13. The smallest absolute Gasteiger partial charge is 0.175 e. The van der Waals surface area contributed by atoms with Gasteiger partial charge in [-0.3, -0.25) is 0 Å². The van der Waals surface area contributed by atoms with E-state index >= 15 is 0 Å². The lowest BCUT2D eigenvalue weighted by atomic mass is 9.67. The third-order valence-corrected chi connectivity index (χ3v) is 4.15. The Morgan fingerprint density at radius 3 is 1.95 bits per heavy atom. The first-order chi connectivity index (χ1) is 10.8. The van der Waals surface area contributed by atoms with Crippen LogP contribution in [0.15, 0.2) is 60.7 Å². The highest BCUT2D eigenvalue weighted by Crippen LogP contribution is 2.41. The fourth-order valence-electron chi connectivity index (χ4n) is 2.94. The Kier molecular flexibility index (Phi) is 5.34. The molecule has 2 nitrogen and oxygen atoms in total. The van der Waals surface area contributed by atoms with Crippen molar-refractivity contribution in [3.8, 4) is 12.1 Å². The predicted octanol–water partition coefficient (Wildman–Crippen LogP) is 4.95. The molecule has 0 saturated heterocycles. The van der Waals surface area contributed by atoms with Gasteiger partial charge in [-0.2, -0.15) is 10.5 Å². The Morgan fingerprint density at radius 1 is 0.909 bits per heavy atom. The molecule has 0 N–H and O–H groups in total. The zero-order valence-electron chi connectivity index (χ0n) is 12.9. The highest BCUT2D eigenvalue weighted by Gasteiger charge is 2.41. The highest BCUT2D eigenvalue weighted by atomic mass is 14.5. The van der Waals surface area contributed by atoms with E-state index in [1.165, 1.54) is 0 Å². The van der Waals surface area contributed by atoms with Gasteiger partial charge in [0.15, 0.2) is 5.41 Å². The Labute approximate surface area is 132 Å². The van der Waals surface area contributed by atoms with Gasteiger partial charge in [-0.05, 0) is 17.5 Å². The van der Waals surface area contributed by atoms with Gasteiger partial charge in [0.1, 0.15) is 0 Å². The molecule has 2 aromatic rings. The first-order valence-corrected chi connectivity index (χ1v) is 7.71. The lowest BCUT2D eigenvalue weighted by molar-refractivity contribution is 0.478. The molecule has 0 amide bonds. The number of hydrogen-bond acceptors (Lipinski definition) is 2. The van der Waals surface area contributed by atoms with Crippen LogP contribution in [0.2, 0.25) is 0 Å². The summed E-state index contributed by atoms with van der Waals surface area (Å²) in [6, 6.07) is 24.1. The molecule has 0 fully saturated rings. The largest absolute Gasteiger partial charge is 0.196 e. The number of benzene rings is 2. The summed E-state index contributed by atoms with van der Waals surface area (Å²) < 4.78 is 0. The molecule has 0 spiro atoms. The van der Waals surface area contributed by atoms with Gasteiger partial charge in [-0.1, -0.05) is 80.4 Å². The van der Waals surface area contributed by atoms with Crippen LogP contribution in [-0.2, 0) is 5.41 Å². The van der Waals surface area contributed by atoms with Gasteiger partial charge in [0.05, 0.1) is 12.1 Å². The molecule has 0 aromatic heterocycles. The lowest BCUT2D eigenvalue weighted by Crippen LogP contribution is -2.31. The molecule has 2 heteroatoms. The molecule has 0 bridgehead atoms. The van der Waals surface area contributed by atoms with E-state index in [4.69, 9.17) is 0 Å². The second-order valence-corrected chi connectivity index (χ2v) is 5.50. The standard InChI is InChI=1S/C20H20N2/c1-2-3-14-19(17-10-6-4-7-11-17)20(15-21,16-22)18-12-8-5-9-13-18/h4-13,19H,2-3,14H2,1H3. The van der Waals surface area contributed by atoms with Crippen LogP contribution in [0.5, 0.6) is 0 Å². The quantitative estimate of drug-likeness (QED) is 0.755. The van der Waals surface area contributed by atoms with Crippen LogP contribution in [0.4, 0.5) is 0 Å². The van der Waals surface area contributed by atoms with Crippen LogP contribution in [0, 0.1) is 22.7 Å². The van der Waals surface area contributed by atoms with Gasteiger partial charge in [-0.15, -0.1) is 0 Å². The van der Waals surface area contributed by atoms with Gasteiger partial charge in [-0.25, -0.2) is 0 Å². The third-order valence-electron chi connectivity index (χ3n) is 4.15. The molecule has 0 aliphatic heterocycles. The normalized spacial score (nSPS) is 12.1. The van der Waals surface area contributed by atoms with Crippen LogP contribution >= 0.6 is 0 Å². The van der Waals surface area contributed by atoms with Gasteiger partial charge in [0.25, 0.3) is 0 Å². The van der Waals surface area contributed by atoms with Crippen LogP contribution in [0.25, 0.3) is 0 Å². The van der Waals surface area contributed by atoms with E-state index < -0.39 is 5.41 Å². The number of nitriles is 2. The summed E-state index contributed by atoms with van der Waals surface area (Å²) in [5, 5.41) is 19.8. The first kappa shape index (κ1) is 15.8. The molecule has 2 aromatic carbocycles. The van der Waals surface area contributed by atoms with Crippen molar-refractivity contribution < 1.29 is 0 Å². The fourth-order valence-corrected chi connectivity index (χ4v) is 2.94. The van der Waals surface area contributed by atoms with E-state index in [0.29, 0.717) is 0 Å². The fraction of sp³-hybridized carbons (Fsp3) is 0.300. The number of rotatable bonds is 6. The van der Waals surface area contributed by atoms with E-state index in [9.17, 15) is 10.5 Å². The zero-order valence-corrected chi connectivity index (χ0v) is 12.9. The number of nitrogens with zero attached hydrogens (tertiary/aromatic N) is 2. The minimum absolute atomic E-state index is 0.119. The van der Waals surface area contributed by atoms with E-state index in [2.05, 4.69) is 19.1 Å². The molecule has 0 heterocycles. The molecule has 22 heavy (non-hydrogen) atoms. The monoisotopic (exact) mass is 288 g/mol. The first-order valence-electron chi connectivity index (χ1n) is 7.71. The minimum atomic E-state index is -1.14. The topological polar surface area (TPSA) is 47.6 Å². The molecule has 0 aliphatic carbocycles. The molecule has 0 radical (unpaired) electrons. The van der Waals surface area contributed by atoms with Gasteiger partial charge in [0.2, 0.25) is 0 Å². The van der Waals surface area contributed by atoms with Crippen molar-refractivity contribution in [3.05, 3.63) is 71.8 Å². The summed E-state index contributed by atoms with van der Waals surface area (Å²) in [5.41, 5.74) is 0.700. The molecule has 2 rings (SSSR count). The molecular formula is C20H20N2. The third kappa shape index (κ3) is 3.02. The van der Waals surface area contributed by atoms with Crippen molar-refractivity contribution in [3.63, 3.8) is 0 Å². The van der Waals surface area contributed by atoms with Crippen molar-refractivity contribution in [2.45, 2.75) is 37.5 Å². The Balaban J connectivity index is 2.55. The van der Waals surface area contributed by atoms with Crippen molar-refractivity contribution in [1.82, 2.24) is 0 Å². The maximum Gasteiger partial charge on any atom is 0.175 e. The Morgan fingerprint density at radius 2 is 1.45 bits per heavy atom.